The summed E-state index contributed by atoms with van der Waals surface area (Å²) in [5, 5.41) is 4.32. The molecule has 5 heteroatoms. The van der Waals surface area contributed by atoms with Gasteiger partial charge in [0.2, 0.25) is 0 Å². The summed E-state index contributed by atoms with van der Waals surface area (Å²) in [6, 6.07) is 8.85. The first-order chi connectivity index (χ1) is 10.7. The molecule has 1 aliphatic rings. The van der Waals surface area contributed by atoms with Crippen LogP contribution in [0.4, 0.5) is 0 Å². The van der Waals surface area contributed by atoms with E-state index in [0.717, 1.165) is 26.2 Å². The number of hydrogen-bond donors (Lipinski definition) is 1. The molecule has 23 heavy (non-hydrogen) atoms. The van der Waals surface area contributed by atoms with Gasteiger partial charge in [-0.3, -0.25) is 9.58 Å². The van der Waals surface area contributed by atoms with Crippen LogP contribution in [-0.2, 0) is 13.6 Å². The quantitative estimate of drug-likeness (QED) is 0.935. The predicted molar refractivity (Wildman–Crippen MR) is 97.7 cm³/mol. The number of aromatic nitrogens is 2. The molecule has 0 radical (unpaired) electrons. The van der Waals surface area contributed by atoms with E-state index in [0.29, 0.717) is 5.92 Å². The normalized spacial score (nSPS) is 16.3. The standard InChI is InChI=1S/C18H26N4.ClH/c1-14-3-4-16(13-22-9-6-15(12-19)7-10-22)17(11-14)18-5-8-20-21(18)2;/h3-5,8,11,15H,6-7,9-10,12-13,19H2,1-2H3;1H. The third-order valence-electron chi connectivity index (χ3n) is 4.80. The maximum Gasteiger partial charge on any atom is 0.0682 e. The summed E-state index contributed by atoms with van der Waals surface area (Å²) in [7, 11) is 2.01. The Morgan fingerprint density at radius 1 is 1.22 bits per heavy atom. The molecule has 4 nitrogen and oxygen atoms in total. The van der Waals surface area contributed by atoms with Crippen LogP contribution < -0.4 is 5.73 Å². The first-order valence-electron chi connectivity index (χ1n) is 8.17. The van der Waals surface area contributed by atoms with Gasteiger partial charge in [-0.15, -0.1) is 12.4 Å². The van der Waals surface area contributed by atoms with Gasteiger partial charge in [0.05, 0.1) is 5.69 Å². The van der Waals surface area contributed by atoms with Crippen molar-refractivity contribution in [1.29, 1.82) is 0 Å². The van der Waals surface area contributed by atoms with E-state index < -0.39 is 0 Å². The van der Waals surface area contributed by atoms with Crippen LogP contribution in [0.25, 0.3) is 11.3 Å². The molecule has 1 aromatic heterocycles. The van der Waals surface area contributed by atoms with Crippen molar-refractivity contribution in [2.45, 2.75) is 26.3 Å². The van der Waals surface area contributed by atoms with Gasteiger partial charge in [-0.05, 0) is 63.0 Å². The van der Waals surface area contributed by atoms with E-state index in [2.05, 4.69) is 41.2 Å². The Morgan fingerprint density at radius 3 is 2.57 bits per heavy atom. The van der Waals surface area contributed by atoms with Crippen molar-refractivity contribution in [3.05, 3.63) is 41.6 Å². The van der Waals surface area contributed by atoms with Crippen LogP contribution in [0, 0.1) is 12.8 Å². The Labute approximate surface area is 145 Å². The number of likely N-dealkylation sites (tertiary alicyclic amines) is 1. The highest BCUT2D eigenvalue weighted by Crippen LogP contribution is 2.27. The minimum absolute atomic E-state index is 0. The molecule has 1 fully saturated rings. The zero-order valence-corrected chi connectivity index (χ0v) is 14.9. The number of piperidine rings is 1. The van der Waals surface area contributed by atoms with Gasteiger partial charge in [-0.25, -0.2) is 0 Å². The van der Waals surface area contributed by atoms with Crippen LogP contribution in [0.3, 0.4) is 0 Å². The molecule has 3 rings (SSSR count). The van der Waals surface area contributed by atoms with Gasteiger partial charge in [0.1, 0.15) is 0 Å². The van der Waals surface area contributed by atoms with E-state index in [1.165, 1.54) is 35.2 Å². The van der Waals surface area contributed by atoms with Crippen LogP contribution in [0.1, 0.15) is 24.0 Å². The Kier molecular flexibility index (Phi) is 6.22. The zero-order valence-electron chi connectivity index (χ0n) is 14.0. The SMILES string of the molecule is Cc1ccc(CN2CCC(CN)CC2)c(-c2ccnn2C)c1.Cl. The third kappa shape index (κ3) is 4.14. The molecule has 2 N–H and O–H groups in total. The number of aryl methyl sites for hydroxylation is 2. The highest BCUT2D eigenvalue weighted by atomic mass is 35.5. The Balaban J connectivity index is 0.00000192. The van der Waals surface area contributed by atoms with Crippen molar-refractivity contribution in [3.63, 3.8) is 0 Å². The molecule has 0 saturated carbocycles. The minimum Gasteiger partial charge on any atom is -0.330 e. The fourth-order valence-corrected chi connectivity index (χ4v) is 3.33. The van der Waals surface area contributed by atoms with Crippen LogP contribution in [-0.4, -0.2) is 34.3 Å². The molecule has 0 spiro atoms. The topological polar surface area (TPSA) is 47.1 Å². The lowest BCUT2D eigenvalue weighted by atomic mass is 9.95. The van der Waals surface area contributed by atoms with Crippen LogP contribution in [0.5, 0.6) is 0 Å². The van der Waals surface area contributed by atoms with Gasteiger partial charge < -0.3 is 5.73 Å². The summed E-state index contributed by atoms with van der Waals surface area (Å²) in [5.74, 6) is 0.714. The van der Waals surface area contributed by atoms with Crippen LogP contribution >= 0.6 is 12.4 Å². The maximum atomic E-state index is 5.79. The lowest BCUT2D eigenvalue weighted by Crippen LogP contribution is -2.35. The number of hydrogen-bond acceptors (Lipinski definition) is 3. The van der Waals surface area contributed by atoms with Gasteiger partial charge in [-0.2, -0.15) is 5.10 Å². The minimum atomic E-state index is 0. The summed E-state index contributed by atoms with van der Waals surface area (Å²) < 4.78 is 1.96. The van der Waals surface area contributed by atoms with Crippen molar-refractivity contribution in [2.24, 2.45) is 18.7 Å². The fraction of sp³-hybridized carbons (Fsp3) is 0.500. The molecule has 1 aromatic carbocycles. The van der Waals surface area contributed by atoms with Crippen molar-refractivity contribution >= 4 is 12.4 Å². The Bertz CT molecular complexity index is 630. The van der Waals surface area contributed by atoms with Crippen molar-refractivity contribution in [3.8, 4) is 11.3 Å². The second kappa shape index (κ2) is 7.95. The smallest absolute Gasteiger partial charge is 0.0682 e. The number of halogens is 1. The van der Waals surface area contributed by atoms with Crippen LogP contribution in [0.2, 0.25) is 0 Å². The number of nitrogens with two attached hydrogens (primary N) is 1. The molecule has 0 bridgehead atoms. The number of rotatable bonds is 4. The Hall–Kier alpha value is -1.36. The molecule has 0 atom stereocenters. The zero-order chi connectivity index (χ0) is 15.5. The Morgan fingerprint density at radius 2 is 1.96 bits per heavy atom. The molecule has 1 aliphatic heterocycles. The van der Waals surface area contributed by atoms with Gasteiger partial charge in [0.25, 0.3) is 0 Å². The van der Waals surface area contributed by atoms with E-state index in [-0.39, 0.29) is 12.4 Å². The van der Waals surface area contributed by atoms with Crippen molar-refractivity contribution in [1.82, 2.24) is 14.7 Å². The summed E-state index contributed by atoms with van der Waals surface area (Å²) in [6.45, 7) is 6.30. The van der Waals surface area contributed by atoms with E-state index >= 15 is 0 Å². The number of benzene rings is 1. The van der Waals surface area contributed by atoms with Crippen molar-refractivity contribution in [2.75, 3.05) is 19.6 Å². The first-order valence-corrected chi connectivity index (χ1v) is 8.17. The molecule has 2 aromatic rings. The number of nitrogens with zero attached hydrogens (tertiary/aromatic N) is 3. The average Bonchev–Trinajstić information content (AvgIpc) is 2.96. The highest BCUT2D eigenvalue weighted by molar-refractivity contribution is 5.85. The van der Waals surface area contributed by atoms with E-state index in [1.807, 2.05) is 17.9 Å². The maximum absolute atomic E-state index is 5.79. The summed E-state index contributed by atoms with van der Waals surface area (Å²) in [6.07, 6.45) is 4.32. The second-order valence-electron chi connectivity index (χ2n) is 6.46. The molecule has 126 valence electrons. The monoisotopic (exact) mass is 334 g/mol. The first kappa shape index (κ1) is 18.0. The molecular formula is C18H27ClN4. The van der Waals surface area contributed by atoms with Gasteiger partial charge >= 0.3 is 0 Å². The summed E-state index contributed by atoms with van der Waals surface area (Å²) >= 11 is 0. The molecule has 0 unspecified atom stereocenters. The fourth-order valence-electron chi connectivity index (χ4n) is 3.33. The van der Waals surface area contributed by atoms with E-state index in [1.54, 1.807) is 0 Å². The molecule has 1 saturated heterocycles. The summed E-state index contributed by atoms with van der Waals surface area (Å²) in [5.41, 5.74) is 11.0. The summed E-state index contributed by atoms with van der Waals surface area (Å²) in [4.78, 5) is 2.55. The van der Waals surface area contributed by atoms with Crippen molar-refractivity contribution < 1.29 is 0 Å². The largest absolute Gasteiger partial charge is 0.330 e. The molecule has 0 amide bonds. The highest BCUT2D eigenvalue weighted by Gasteiger charge is 2.19. The lowest BCUT2D eigenvalue weighted by molar-refractivity contribution is 0.180. The van der Waals surface area contributed by atoms with Gasteiger partial charge in [-0.1, -0.05) is 17.7 Å². The van der Waals surface area contributed by atoms with Crippen LogP contribution in [0.15, 0.2) is 30.5 Å². The lowest BCUT2D eigenvalue weighted by Gasteiger charge is -2.31. The average molecular weight is 335 g/mol. The molecule has 0 aliphatic carbocycles. The van der Waals surface area contributed by atoms with Gasteiger partial charge in [0, 0.05) is 25.4 Å². The molecule has 2 heterocycles. The van der Waals surface area contributed by atoms with E-state index in [9.17, 15) is 0 Å². The van der Waals surface area contributed by atoms with Gasteiger partial charge in [0.15, 0.2) is 0 Å². The predicted octanol–water partition coefficient (Wildman–Crippen LogP) is 2.99. The third-order valence-corrected chi connectivity index (χ3v) is 4.80. The molecular weight excluding hydrogens is 308 g/mol. The second-order valence-corrected chi connectivity index (χ2v) is 6.46. The van der Waals surface area contributed by atoms with E-state index in [4.69, 9.17) is 5.73 Å².